The van der Waals surface area contributed by atoms with Gasteiger partial charge in [0, 0.05) is 34.8 Å². The summed E-state index contributed by atoms with van der Waals surface area (Å²) in [6, 6.07) is 12.7. The van der Waals surface area contributed by atoms with E-state index < -0.39 is 95.7 Å². The average Bonchev–Trinajstić information content (AvgIpc) is 3.11. The van der Waals surface area contributed by atoms with Gasteiger partial charge in [0.1, 0.15) is 9.79 Å². The number of fused-ring (bicyclic) bond motifs is 2. The van der Waals surface area contributed by atoms with Gasteiger partial charge in [0.15, 0.2) is 11.6 Å². The van der Waals surface area contributed by atoms with E-state index in [0.29, 0.717) is 0 Å². The zero-order valence-corrected chi connectivity index (χ0v) is 32.6. The largest absolute Gasteiger partial charge is 0.354 e. The Labute approximate surface area is 331 Å². The third-order valence-electron chi connectivity index (χ3n) is 8.90. The minimum absolute atomic E-state index is 0.0285. The number of aromatic nitrogens is 4. The number of carbonyl (C=O) groups is 2. The van der Waals surface area contributed by atoms with E-state index in [9.17, 15) is 53.3 Å². The van der Waals surface area contributed by atoms with Gasteiger partial charge in [0.2, 0.25) is 16.5 Å². The van der Waals surface area contributed by atoms with E-state index >= 15 is 0 Å². The molecule has 0 saturated carbocycles. The minimum Gasteiger partial charge on any atom is -0.354 e. The summed E-state index contributed by atoms with van der Waals surface area (Å²) in [4.78, 5) is 55.2. The van der Waals surface area contributed by atoms with Gasteiger partial charge < -0.3 is 15.2 Å². The Balaban J connectivity index is 1.54. The van der Waals surface area contributed by atoms with E-state index in [2.05, 4.69) is 25.3 Å². The van der Waals surface area contributed by atoms with Crippen molar-refractivity contribution in [3.05, 3.63) is 115 Å². The van der Waals surface area contributed by atoms with Crippen molar-refractivity contribution in [2.75, 3.05) is 17.3 Å². The van der Waals surface area contributed by atoms with Crippen LogP contribution in [0.1, 0.15) is 37.4 Å². The molecule has 0 unspecified atom stereocenters. The van der Waals surface area contributed by atoms with Crippen molar-refractivity contribution in [1.82, 2.24) is 19.9 Å². The van der Waals surface area contributed by atoms with Gasteiger partial charge in [-0.1, -0.05) is 36.4 Å². The van der Waals surface area contributed by atoms with Crippen LogP contribution in [-0.2, 0) is 30.4 Å². The van der Waals surface area contributed by atoms with E-state index in [0.717, 1.165) is 36.4 Å². The molecule has 18 nitrogen and oxygen atoms in total. The molecule has 0 saturated heterocycles. The lowest BCUT2D eigenvalue weighted by Crippen LogP contribution is -2.25. The monoisotopic (exact) mass is 872 g/mol. The van der Waals surface area contributed by atoms with Crippen molar-refractivity contribution in [3.8, 4) is 11.1 Å². The third kappa shape index (κ3) is 7.03. The molecule has 0 radical (unpaired) electrons. The summed E-state index contributed by atoms with van der Waals surface area (Å²) >= 11 is 11.9. The number of aromatic amines is 1. The van der Waals surface area contributed by atoms with E-state index in [1.54, 1.807) is 0 Å². The second-order valence-corrected chi connectivity index (χ2v) is 17.3. The first-order valence-electron chi connectivity index (χ1n) is 15.8. The Morgan fingerprint density at radius 1 is 0.754 bits per heavy atom. The van der Waals surface area contributed by atoms with Gasteiger partial charge in [-0.05, 0) is 71.6 Å². The standard InChI is InChI=1S/C34H22Cl2N6O12S3/c1-14-10-19(22(56(49,50)51)13-21(14)42(2)34-40-32(35)39-33(36)41-34)37-20-12-23(57(52,53)54)28-26-24(17-8-3-4-9-18(17)30(44)25(20)26)27(31(45)38-28)29(43)15-6-5-7-16(11-15)55(46,47)48/h3-13,37H,1-2H3,(H,38,45)(H,46,47,48)(H,49,50,51)(H,52,53,54). The van der Waals surface area contributed by atoms with Crippen molar-refractivity contribution in [1.29, 1.82) is 0 Å². The Morgan fingerprint density at radius 2 is 1.39 bits per heavy atom. The highest BCUT2D eigenvalue weighted by molar-refractivity contribution is 7.86. The Kier molecular flexibility index (Phi) is 9.57. The molecule has 0 spiro atoms. The molecule has 0 aliphatic heterocycles. The predicted molar refractivity (Wildman–Crippen MR) is 205 cm³/mol. The molecule has 4 aromatic carbocycles. The van der Waals surface area contributed by atoms with Gasteiger partial charge in [-0.15, -0.1) is 0 Å². The molecule has 0 amide bonds. The number of anilines is 4. The summed E-state index contributed by atoms with van der Waals surface area (Å²) in [5.74, 6) is -2.04. The number of ketones is 2. The number of nitrogens with zero attached hydrogens (tertiary/aromatic N) is 4. The van der Waals surface area contributed by atoms with Gasteiger partial charge >= 0.3 is 0 Å². The highest BCUT2D eigenvalue weighted by Gasteiger charge is 2.36. The number of pyridine rings is 1. The molecule has 2 heterocycles. The van der Waals surface area contributed by atoms with Gasteiger partial charge in [0.05, 0.1) is 32.9 Å². The summed E-state index contributed by atoms with van der Waals surface area (Å²) in [7, 11) is -13.8. The predicted octanol–water partition coefficient (Wildman–Crippen LogP) is 5.02. The first kappa shape index (κ1) is 39.6. The van der Waals surface area contributed by atoms with Crippen molar-refractivity contribution in [2.24, 2.45) is 0 Å². The SMILES string of the molecule is Cc1cc(Nc2cc(S(=O)(=O)O)c3[nH]c(=O)c(C(=O)c4cccc(S(=O)(=O)O)c4)c4c3c2C(=O)c2ccccc2-4)c(S(=O)(=O)O)cc1N(C)c1nc(Cl)nc(Cl)n1. The number of hydrogen-bond donors (Lipinski definition) is 5. The first-order chi connectivity index (χ1) is 26.6. The normalized spacial score (nSPS) is 12.7. The molecule has 2 aromatic heterocycles. The molecular weight excluding hydrogens is 852 g/mol. The van der Waals surface area contributed by atoms with Crippen LogP contribution in [0.5, 0.6) is 0 Å². The van der Waals surface area contributed by atoms with Crippen LogP contribution in [0.3, 0.4) is 0 Å². The van der Waals surface area contributed by atoms with E-state index in [1.165, 1.54) is 49.2 Å². The van der Waals surface area contributed by atoms with Crippen LogP contribution in [0.4, 0.5) is 23.0 Å². The summed E-state index contributed by atoms with van der Waals surface area (Å²) in [5.41, 5.74) is -4.22. The molecule has 0 bridgehead atoms. The molecule has 7 rings (SSSR count). The zero-order valence-electron chi connectivity index (χ0n) is 28.6. The number of hydrogen-bond acceptors (Lipinski definition) is 14. The van der Waals surface area contributed by atoms with Gasteiger partial charge in [0.25, 0.3) is 35.9 Å². The Hall–Kier alpha value is -5.65. The third-order valence-corrected chi connectivity index (χ3v) is 11.9. The summed E-state index contributed by atoms with van der Waals surface area (Å²) < 4.78 is 106. The van der Waals surface area contributed by atoms with Crippen LogP contribution in [-0.4, -0.2) is 77.5 Å². The number of halogens is 2. The highest BCUT2D eigenvalue weighted by atomic mass is 35.5. The van der Waals surface area contributed by atoms with Crippen LogP contribution in [0.15, 0.2) is 86.2 Å². The number of aryl methyl sites for hydroxylation is 1. The number of nitrogens with one attached hydrogen (secondary N) is 2. The van der Waals surface area contributed by atoms with Crippen LogP contribution in [0.2, 0.25) is 10.6 Å². The minimum atomic E-state index is -5.30. The molecule has 5 N–H and O–H groups in total. The summed E-state index contributed by atoms with van der Waals surface area (Å²) in [5, 5.41) is 1.75. The fourth-order valence-electron chi connectivity index (χ4n) is 6.52. The summed E-state index contributed by atoms with van der Waals surface area (Å²) in [6.45, 7) is 1.52. The number of rotatable bonds is 9. The summed E-state index contributed by atoms with van der Waals surface area (Å²) in [6.07, 6.45) is 0. The second kappa shape index (κ2) is 13.8. The van der Waals surface area contributed by atoms with Crippen molar-refractivity contribution < 1.29 is 48.5 Å². The molecule has 6 aromatic rings. The first-order valence-corrected chi connectivity index (χ1v) is 20.8. The average molecular weight is 874 g/mol. The zero-order chi connectivity index (χ0) is 41.5. The topological polar surface area (TPSA) is 284 Å². The van der Waals surface area contributed by atoms with Crippen LogP contribution >= 0.6 is 23.2 Å². The quantitative estimate of drug-likeness (QED) is 0.0940. The maximum Gasteiger partial charge on any atom is 0.296 e. The lowest BCUT2D eigenvalue weighted by Gasteiger charge is -2.26. The molecule has 1 aliphatic carbocycles. The molecule has 1 aliphatic rings. The second-order valence-electron chi connectivity index (χ2n) is 12.4. The highest BCUT2D eigenvalue weighted by Crippen LogP contribution is 2.46. The van der Waals surface area contributed by atoms with Gasteiger partial charge in [-0.2, -0.15) is 40.2 Å². The maximum absolute atomic E-state index is 14.4. The van der Waals surface area contributed by atoms with Crippen LogP contribution < -0.4 is 15.8 Å². The molecule has 0 atom stereocenters. The maximum atomic E-state index is 14.4. The Bertz CT molecular complexity index is 3190. The van der Waals surface area contributed by atoms with Gasteiger partial charge in [-0.25, -0.2) is 0 Å². The Morgan fingerprint density at radius 3 is 2.00 bits per heavy atom. The number of benzene rings is 4. The number of H-pyrrole nitrogens is 1. The molecule has 292 valence electrons. The van der Waals surface area contributed by atoms with Crippen LogP contribution in [0.25, 0.3) is 22.0 Å². The van der Waals surface area contributed by atoms with E-state index in [4.69, 9.17) is 23.2 Å². The van der Waals surface area contributed by atoms with Crippen molar-refractivity contribution >= 4 is 99.0 Å². The van der Waals surface area contributed by atoms with E-state index in [1.807, 2.05) is 0 Å². The molecule has 23 heteroatoms. The van der Waals surface area contributed by atoms with Crippen molar-refractivity contribution in [3.63, 3.8) is 0 Å². The van der Waals surface area contributed by atoms with Crippen molar-refractivity contribution in [2.45, 2.75) is 21.6 Å². The van der Waals surface area contributed by atoms with Crippen LogP contribution in [0, 0.1) is 6.92 Å². The van der Waals surface area contributed by atoms with E-state index in [-0.39, 0.29) is 49.8 Å². The number of carbonyl (C=O) groups excluding carboxylic acids is 2. The molecule has 0 fully saturated rings. The fourth-order valence-corrected chi connectivity index (χ4v) is 8.72. The lowest BCUT2D eigenvalue weighted by molar-refractivity contribution is 0.102. The molecular formula is C34H22Cl2N6O12S3. The smallest absolute Gasteiger partial charge is 0.296 e. The fraction of sp³-hybridized carbons (Fsp3) is 0.0588. The lowest BCUT2D eigenvalue weighted by atomic mass is 9.80. The molecule has 57 heavy (non-hydrogen) atoms. The van der Waals surface area contributed by atoms with Gasteiger partial charge in [-0.3, -0.25) is 28.0 Å².